The van der Waals surface area contributed by atoms with Gasteiger partial charge in [0.15, 0.2) is 5.76 Å². The van der Waals surface area contributed by atoms with Crippen molar-refractivity contribution in [3.05, 3.63) is 99.1 Å². The molecule has 0 spiro atoms. The molecule has 4 rings (SSSR count). The standard InChI is InChI=1S/C22H13F3N2O4/c23-22(24,25)15-6-2-5-14(9-15)19-20(28)18(31-21(19)26)11-13-4-1-3-12-10-16(27(29)30)7-8-17(12)13/h1-11H,26H2. The van der Waals surface area contributed by atoms with Crippen molar-refractivity contribution >= 4 is 33.9 Å². The second-order valence-electron chi connectivity index (χ2n) is 6.77. The number of hydrogen-bond acceptors (Lipinski definition) is 5. The molecule has 0 aliphatic carbocycles. The van der Waals surface area contributed by atoms with E-state index in [2.05, 4.69) is 0 Å². The molecule has 0 radical (unpaired) electrons. The van der Waals surface area contributed by atoms with Crippen LogP contribution in [0.2, 0.25) is 0 Å². The van der Waals surface area contributed by atoms with Crippen LogP contribution in [0.4, 0.5) is 18.9 Å². The number of alkyl halides is 3. The van der Waals surface area contributed by atoms with Crippen LogP contribution in [-0.2, 0) is 15.7 Å². The molecule has 0 saturated heterocycles. The Bertz CT molecular complexity index is 1310. The molecule has 9 heteroatoms. The largest absolute Gasteiger partial charge is 0.437 e. The van der Waals surface area contributed by atoms with E-state index in [1.807, 2.05) is 0 Å². The third kappa shape index (κ3) is 3.73. The van der Waals surface area contributed by atoms with Crippen LogP contribution < -0.4 is 5.73 Å². The molecule has 0 aromatic heterocycles. The minimum atomic E-state index is -4.57. The van der Waals surface area contributed by atoms with Gasteiger partial charge in [-0.15, -0.1) is 0 Å². The van der Waals surface area contributed by atoms with Crippen molar-refractivity contribution in [2.24, 2.45) is 5.73 Å². The lowest BCUT2D eigenvalue weighted by atomic mass is 9.98. The van der Waals surface area contributed by atoms with Crippen molar-refractivity contribution in [2.45, 2.75) is 6.18 Å². The number of nitro groups is 1. The minimum absolute atomic E-state index is 0.00531. The zero-order valence-corrected chi connectivity index (χ0v) is 15.6. The number of non-ortho nitro benzene ring substituents is 1. The molecule has 6 nitrogen and oxygen atoms in total. The number of carbonyl (C=O) groups is 1. The minimum Gasteiger partial charge on any atom is -0.437 e. The summed E-state index contributed by atoms with van der Waals surface area (Å²) in [5.74, 6) is -1.11. The summed E-state index contributed by atoms with van der Waals surface area (Å²) >= 11 is 0. The van der Waals surface area contributed by atoms with Crippen molar-refractivity contribution < 1.29 is 27.6 Å². The predicted molar refractivity (Wildman–Crippen MR) is 107 cm³/mol. The van der Waals surface area contributed by atoms with Gasteiger partial charge in [0.2, 0.25) is 11.7 Å². The van der Waals surface area contributed by atoms with Gasteiger partial charge in [0, 0.05) is 12.1 Å². The quantitative estimate of drug-likeness (QED) is 0.360. The first kappa shape index (κ1) is 20.1. The third-order valence-corrected chi connectivity index (χ3v) is 4.79. The lowest BCUT2D eigenvalue weighted by Crippen LogP contribution is -2.07. The Hall–Kier alpha value is -4.14. The lowest BCUT2D eigenvalue weighted by molar-refractivity contribution is -0.384. The lowest BCUT2D eigenvalue weighted by Gasteiger charge is -2.08. The monoisotopic (exact) mass is 426 g/mol. The van der Waals surface area contributed by atoms with E-state index in [-0.39, 0.29) is 28.5 Å². The average Bonchev–Trinajstić information content (AvgIpc) is 3.00. The number of nitrogens with two attached hydrogens (primary N) is 1. The van der Waals surface area contributed by atoms with Crippen molar-refractivity contribution in [3.8, 4) is 0 Å². The molecule has 0 atom stereocenters. The van der Waals surface area contributed by atoms with Crippen LogP contribution in [0.1, 0.15) is 16.7 Å². The fourth-order valence-electron chi connectivity index (χ4n) is 3.35. The highest BCUT2D eigenvalue weighted by atomic mass is 19.4. The van der Waals surface area contributed by atoms with E-state index in [9.17, 15) is 28.1 Å². The zero-order chi connectivity index (χ0) is 22.3. The molecule has 0 fully saturated rings. The maximum Gasteiger partial charge on any atom is 0.416 e. The second-order valence-corrected chi connectivity index (χ2v) is 6.77. The molecule has 2 N–H and O–H groups in total. The number of rotatable bonds is 3. The first-order chi connectivity index (χ1) is 14.6. The first-order valence-electron chi connectivity index (χ1n) is 8.94. The normalized spacial score (nSPS) is 15.6. The number of fused-ring (bicyclic) bond motifs is 1. The summed E-state index contributed by atoms with van der Waals surface area (Å²) in [6, 6.07) is 13.6. The zero-order valence-electron chi connectivity index (χ0n) is 15.6. The highest BCUT2D eigenvalue weighted by Crippen LogP contribution is 2.36. The van der Waals surface area contributed by atoms with E-state index >= 15 is 0 Å². The van der Waals surface area contributed by atoms with E-state index in [0.29, 0.717) is 16.3 Å². The van der Waals surface area contributed by atoms with Crippen molar-refractivity contribution in [3.63, 3.8) is 0 Å². The summed E-state index contributed by atoms with van der Waals surface area (Å²) in [4.78, 5) is 23.3. The average molecular weight is 426 g/mol. The van der Waals surface area contributed by atoms with Crippen LogP contribution in [0.25, 0.3) is 22.4 Å². The van der Waals surface area contributed by atoms with Crippen LogP contribution in [0, 0.1) is 10.1 Å². The first-order valence-corrected chi connectivity index (χ1v) is 8.94. The summed E-state index contributed by atoms with van der Waals surface area (Å²) < 4.78 is 44.4. The van der Waals surface area contributed by atoms with Gasteiger partial charge in [0.25, 0.3) is 5.69 Å². The van der Waals surface area contributed by atoms with Gasteiger partial charge in [0.05, 0.1) is 16.1 Å². The molecule has 1 aliphatic heterocycles. The van der Waals surface area contributed by atoms with Gasteiger partial charge >= 0.3 is 6.18 Å². The highest BCUT2D eigenvalue weighted by Gasteiger charge is 2.34. The van der Waals surface area contributed by atoms with Crippen LogP contribution in [0.15, 0.2) is 72.3 Å². The number of hydrogen-bond donors (Lipinski definition) is 1. The van der Waals surface area contributed by atoms with Gasteiger partial charge in [-0.2, -0.15) is 13.2 Å². The summed E-state index contributed by atoms with van der Waals surface area (Å²) in [6.45, 7) is 0. The Balaban J connectivity index is 1.73. The Morgan fingerprint density at radius 1 is 1.03 bits per heavy atom. The summed E-state index contributed by atoms with van der Waals surface area (Å²) in [5, 5.41) is 12.2. The van der Waals surface area contributed by atoms with Gasteiger partial charge in [-0.1, -0.05) is 30.3 Å². The Kier molecular flexibility index (Phi) is 4.73. The molecule has 3 aromatic rings. The summed E-state index contributed by atoms with van der Waals surface area (Å²) in [5.41, 5.74) is 5.19. The molecule has 1 aliphatic rings. The van der Waals surface area contributed by atoms with Gasteiger partial charge < -0.3 is 10.5 Å². The van der Waals surface area contributed by atoms with Crippen molar-refractivity contribution in [2.75, 3.05) is 0 Å². The number of benzene rings is 3. The van der Waals surface area contributed by atoms with Gasteiger partial charge in [-0.25, -0.2) is 0 Å². The number of nitro benzene ring substituents is 1. The SMILES string of the molecule is NC1=C(c2cccc(C(F)(F)F)c2)C(=O)C(=Cc2cccc3cc([N+](=O)[O-])ccc23)O1. The van der Waals surface area contributed by atoms with Gasteiger partial charge in [-0.3, -0.25) is 14.9 Å². The van der Waals surface area contributed by atoms with Crippen LogP contribution >= 0.6 is 0 Å². The fourth-order valence-corrected chi connectivity index (χ4v) is 3.35. The van der Waals surface area contributed by atoms with Crippen molar-refractivity contribution in [1.29, 1.82) is 0 Å². The van der Waals surface area contributed by atoms with Crippen LogP contribution in [-0.4, -0.2) is 10.7 Å². The molecular weight excluding hydrogens is 413 g/mol. The third-order valence-electron chi connectivity index (χ3n) is 4.79. The maximum absolute atomic E-state index is 13.0. The number of ketones is 1. The van der Waals surface area contributed by atoms with Gasteiger partial charge in [-0.05, 0) is 46.2 Å². The van der Waals surface area contributed by atoms with E-state index < -0.39 is 22.4 Å². The molecule has 3 aromatic carbocycles. The second kappa shape index (κ2) is 7.28. The number of allylic oxidation sites excluding steroid dienone is 1. The maximum atomic E-state index is 13.0. The van der Waals surface area contributed by atoms with Crippen LogP contribution in [0.5, 0.6) is 0 Å². The number of halogens is 3. The number of Topliss-reactive ketones (excluding diaryl/α,β-unsaturated/α-hetero) is 1. The molecule has 31 heavy (non-hydrogen) atoms. The predicted octanol–water partition coefficient (Wildman–Crippen LogP) is 5.03. The van der Waals surface area contributed by atoms with E-state index in [0.717, 1.165) is 12.1 Å². The topological polar surface area (TPSA) is 95.5 Å². The summed E-state index contributed by atoms with van der Waals surface area (Å²) in [6.07, 6.45) is -3.16. The van der Waals surface area contributed by atoms with Crippen molar-refractivity contribution in [1.82, 2.24) is 0 Å². The molecule has 0 unspecified atom stereocenters. The number of ether oxygens (including phenoxy) is 1. The Labute approximate surface area is 173 Å². The van der Waals surface area contributed by atoms with E-state index in [4.69, 9.17) is 10.5 Å². The molecule has 0 saturated carbocycles. The van der Waals surface area contributed by atoms with E-state index in [1.54, 1.807) is 24.3 Å². The molecular formula is C22H13F3N2O4. The highest BCUT2D eigenvalue weighted by molar-refractivity contribution is 6.31. The smallest absolute Gasteiger partial charge is 0.416 e. The summed E-state index contributed by atoms with van der Waals surface area (Å²) in [7, 11) is 0. The molecule has 0 amide bonds. The molecule has 1 heterocycles. The molecule has 156 valence electrons. The number of nitrogens with zero attached hydrogens (tertiary/aromatic N) is 1. The van der Waals surface area contributed by atoms with E-state index in [1.165, 1.54) is 30.3 Å². The number of carbonyl (C=O) groups excluding carboxylic acids is 1. The van der Waals surface area contributed by atoms with Crippen LogP contribution in [0.3, 0.4) is 0 Å². The fraction of sp³-hybridized carbons (Fsp3) is 0.0455. The molecule has 0 bridgehead atoms. The Morgan fingerprint density at radius 3 is 2.48 bits per heavy atom. The Morgan fingerprint density at radius 2 is 1.77 bits per heavy atom. The van der Waals surface area contributed by atoms with Gasteiger partial charge in [0.1, 0.15) is 0 Å².